The van der Waals surface area contributed by atoms with Gasteiger partial charge in [0, 0.05) is 11.1 Å². The fraction of sp³-hybridized carbons (Fsp3) is 0.500. The zero-order valence-corrected chi connectivity index (χ0v) is 22.3. The van der Waals surface area contributed by atoms with E-state index in [0.29, 0.717) is 0 Å². The highest BCUT2D eigenvalue weighted by atomic mass is 31.1. The van der Waals surface area contributed by atoms with Crippen LogP contribution in [0.2, 0.25) is 0 Å². The molecule has 1 aliphatic rings. The summed E-state index contributed by atoms with van der Waals surface area (Å²) in [7, 11) is -2.75. The summed E-state index contributed by atoms with van der Waals surface area (Å²) in [4.78, 5) is 43.1. The number of hydrogen-bond donors (Lipinski definition) is 3. The third-order valence-electron chi connectivity index (χ3n) is 5.22. The summed E-state index contributed by atoms with van der Waals surface area (Å²) >= 11 is 0. The normalized spacial score (nSPS) is 24.0. The Bertz CT molecular complexity index is 1340. The van der Waals surface area contributed by atoms with Gasteiger partial charge in [-0.25, -0.2) is 9.59 Å². The summed E-state index contributed by atoms with van der Waals surface area (Å²) in [5.74, 6) is -0.839. The van der Waals surface area contributed by atoms with Gasteiger partial charge in [0.25, 0.3) is 0 Å². The summed E-state index contributed by atoms with van der Waals surface area (Å²) in [6.45, 7) is 5.79. The van der Waals surface area contributed by atoms with Gasteiger partial charge in [-0.1, -0.05) is 22.0 Å². The molecular weight excluding hydrogens is 537 g/mol. The van der Waals surface area contributed by atoms with Gasteiger partial charge in [-0.2, -0.15) is 4.98 Å². The molecule has 0 aliphatic carbocycles. The van der Waals surface area contributed by atoms with Gasteiger partial charge in [0.05, 0.1) is 0 Å². The van der Waals surface area contributed by atoms with Crippen LogP contribution < -0.4 is 25.6 Å². The number of ether oxygens (including phenoxy) is 3. The first-order valence-electron chi connectivity index (χ1n) is 11.5. The molecule has 2 aromatic rings. The summed E-state index contributed by atoms with van der Waals surface area (Å²) < 4.78 is 26.6. The lowest BCUT2D eigenvalue weighted by Crippen LogP contribution is -2.46. The van der Waals surface area contributed by atoms with E-state index in [9.17, 15) is 24.7 Å². The Morgan fingerprint density at radius 1 is 1.36 bits per heavy atom. The Morgan fingerprint density at radius 2 is 2.03 bits per heavy atom. The molecule has 0 bridgehead atoms. The summed E-state index contributed by atoms with van der Waals surface area (Å²) in [6.07, 6.45) is -3.86. The van der Waals surface area contributed by atoms with Crippen LogP contribution in [0.5, 0.6) is 11.5 Å². The molecule has 0 spiro atoms. The zero-order chi connectivity index (χ0) is 29.0. The van der Waals surface area contributed by atoms with Crippen molar-refractivity contribution in [1.82, 2.24) is 9.55 Å². The second kappa shape index (κ2) is 11.9. The topological polar surface area (TPSA) is 240 Å². The molecular formula is C22H28N7O9P. The van der Waals surface area contributed by atoms with E-state index in [0.717, 1.165) is 4.57 Å². The Hall–Kier alpha value is -3.78. The quantitative estimate of drug-likeness (QED) is 0.128. The van der Waals surface area contributed by atoms with Crippen molar-refractivity contribution in [3.63, 3.8) is 0 Å². The van der Waals surface area contributed by atoms with Crippen molar-refractivity contribution in [2.45, 2.75) is 63.5 Å². The molecule has 1 aromatic carbocycles. The lowest BCUT2D eigenvalue weighted by Gasteiger charge is -2.26. The zero-order valence-electron chi connectivity index (χ0n) is 21.4. The van der Waals surface area contributed by atoms with Gasteiger partial charge in [-0.15, -0.1) is 0 Å². The Labute approximate surface area is 223 Å². The van der Waals surface area contributed by atoms with E-state index in [1.807, 2.05) is 0 Å². The number of hydrogen-bond acceptors (Lipinski definition) is 13. The number of azide groups is 1. The van der Waals surface area contributed by atoms with Crippen LogP contribution in [0.15, 0.2) is 51.2 Å². The van der Waals surface area contributed by atoms with E-state index in [2.05, 4.69) is 19.8 Å². The number of esters is 1. The van der Waals surface area contributed by atoms with Gasteiger partial charge >= 0.3 is 19.8 Å². The fourth-order valence-electron chi connectivity index (χ4n) is 3.43. The number of anilines is 1. The smallest absolute Gasteiger partial charge is 0.395 e. The van der Waals surface area contributed by atoms with Crippen molar-refractivity contribution in [2.24, 2.45) is 9.86 Å². The van der Waals surface area contributed by atoms with E-state index < -0.39 is 62.2 Å². The molecule has 1 aliphatic heterocycles. The second-order valence-corrected chi connectivity index (χ2v) is 10.3. The van der Waals surface area contributed by atoms with Gasteiger partial charge in [0.2, 0.25) is 11.5 Å². The molecule has 0 radical (unpaired) electrons. The third kappa shape index (κ3) is 7.20. The van der Waals surface area contributed by atoms with E-state index in [-0.39, 0.29) is 17.3 Å². The van der Waals surface area contributed by atoms with Crippen LogP contribution in [0.4, 0.5) is 5.82 Å². The first-order chi connectivity index (χ1) is 18.3. The molecule has 210 valence electrons. The lowest BCUT2D eigenvalue weighted by molar-refractivity contribution is -0.170. The Kier molecular flexibility index (Phi) is 9.12. The molecule has 1 unspecified atom stereocenters. The molecule has 0 amide bonds. The number of aliphatic hydroxyl groups is 2. The number of nitrogens with two attached hydrogens (primary N) is 1. The van der Waals surface area contributed by atoms with E-state index in [1.54, 1.807) is 32.9 Å². The van der Waals surface area contributed by atoms with Crippen molar-refractivity contribution in [3.05, 3.63) is 57.5 Å². The lowest BCUT2D eigenvalue weighted by atomic mass is 10.1. The van der Waals surface area contributed by atoms with Gasteiger partial charge in [0.1, 0.15) is 30.2 Å². The number of aromatic nitrogens is 2. The number of rotatable bonds is 9. The standard InChI is InChI=1S/C22H28N7O9P/c1-12(19(32)37-21(2,3)4)26-39(34)38-14-8-6-5-7-13(14)35-11-22(27-28-24)17(31)16(30)18(36-22)29-10-9-15(23)25-20(29)33/h5-10,12,16-18,30-31H,11H2,1-4H3,(H2,23,25,33)/t12-,16-,17+,18-,22-/m1/s1. The average molecular weight is 565 g/mol. The van der Waals surface area contributed by atoms with E-state index in [4.69, 9.17) is 30.0 Å². The van der Waals surface area contributed by atoms with Crippen LogP contribution in [-0.2, 0) is 14.3 Å². The fourth-order valence-corrected chi connectivity index (χ4v) is 4.17. The highest BCUT2D eigenvalue weighted by Crippen LogP contribution is 2.40. The number of para-hydroxylation sites is 2. The van der Waals surface area contributed by atoms with Crippen LogP contribution >= 0.6 is 8.17 Å². The van der Waals surface area contributed by atoms with Gasteiger partial charge in [-0.05, 0) is 51.4 Å². The maximum Gasteiger partial charge on any atom is 0.395 e. The number of carbonyl (C=O) groups is 1. The SMILES string of the molecule is C[C@@H](N=[P+]([O-])Oc1ccccc1OC[C@@]1(N=[N+]=[N-])O[C@@H](n2ccc(N)nc2=O)[C@H](O)[C@@H]1O)C(=O)OC(C)(C)C. The van der Waals surface area contributed by atoms with Crippen LogP contribution in [0.25, 0.3) is 10.4 Å². The summed E-state index contributed by atoms with van der Waals surface area (Å²) in [5.41, 5.74) is 10.8. The molecule has 3 rings (SSSR count). The Balaban J connectivity index is 1.80. The van der Waals surface area contributed by atoms with Crippen molar-refractivity contribution in [3.8, 4) is 11.5 Å². The minimum atomic E-state index is -2.75. The molecule has 0 saturated carbocycles. The Morgan fingerprint density at radius 3 is 2.64 bits per heavy atom. The van der Waals surface area contributed by atoms with Crippen LogP contribution in [0.1, 0.15) is 33.9 Å². The number of benzene rings is 1. The molecule has 1 fully saturated rings. The molecule has 6 atom stereocenters. The molecule has 16 nitrogen and oxygen atoms in total. The molecule has 17 heteroatoms. The number of aliphatic hydroxyl groups excluding tert-OH is 2. The number of nitrogens with zero attached hydrogens (tertiary/aromatic N) is 6. The van der Waals surface area contributed by atoms with Crippen LogP contribution in [-0.4, -0.2) is 61.9 Å². The molecule has 4 N–H and O–H groups in total. The highest BCUT2D eigenvalue weighted by Gasteiger charge is 2.56. The largest absolute Gasteiger partial charge is 0.575 e. The second-order valence-electron chi connectivity index (χ2n) is 9.41. The van der Waals surface area contributed by atoms with Crippen molar-refractivity contribution < 1.29 is 38.6 Å². The van der Waals surface area contributed by atoms with Gasteiger partial charge in [-0.3, -0.25) is 9.09 Å². The monoisotopic (exact) mass is 565 g/mol. The highest BCUT2D eigenvalue weighted by molar-refractivity contribution is 7.34. The molecule has 39 heavy (non-hydrogen) atoms. The summed E-state index contributed by atoms with van der Waals surface area (Å²) in [6, 6.07) is 6.12. The average Bonchev–Trinajstić information content (AvgIpc) is 3.08. The predicted molar refractivity (Wildman–Crippen MR) is 134 cm³/mol. The van der Waals surface area contributed by atoms with Gasteiger partial charge < -0.3 is 35.1 Å². The van der Waals surface area contributed by atoms with Crippen LogP contribution in [0, 0.1) is 0 Å². The maximum atomic E-state index is 12.5. The van der Waals surface area contributed by atoms with Crippen molar-refractivity contribution in [2.75, 3.05) is 12.3 Å². The number of nitrogen functional groups attached to an aromatic ring is 1. The molecule has 1 saturated heterocycles. The van der Waals surface area contributed by atoms with Crippen LogP contribution in [0.3, 0.4) is 0 Å². The first kappa shape index (κ1) is 29.8. The minimum absolute atomic E-state index is 0.0199. The predicted octanol–water partition coefficient (Wildman–Crippen LogP) is 1.13. The van der Waals surface area contributed by atoms with Crippen molar-refractivity contribution in [1.29, 1.82) is 0 Å². The first-order valence-corrected chi connectivity index (χ1v) is 12.6. The molecule has 2 heterocycles. The summed E-state index contributed by atoms with van der Waals surface area (Å²) in [5, 5.41) is 24.8. The third-order valence-corrected chi connectivity index (χ3v) is 6.11. The van der Waals surface area contributed by atoms with Crippen molar-refractivity contribution >= 4 is 20.0 Å². The van der Waals surface area contributed by atoms with E-state index in [1.165, 1.54) is 31.3 Å². The number of carbonyl (C=O) groups excluding carboxylic acids is 1. The minimum Gasteiger partial charge on any atom is -0.575 e. The maximum absolute atomic E-state index is 12.5. The van der Waals surface area contributed by atoms with E-state index >= 15 is 0 Å². The molecule has 1 aromatic heterocycles. The van der Waals surface area contributed by atoms with Gasteiger partial charge in [0.15, 0.2) is 18.0 Å².